The molecule has 0 aliphatic carbocycles. The van der Waals surface area contributed by atoms with Crippen LogP contribution >= 0.6 is 0 Å². The lowest BCUT2D eigenvalue weighted by Crippen LogP contribution is -2.49. The zero-order chi connectivity index (χ0) is 18.4. The maximum atomic E-state index is 12.2. The molecule has 1 amide bonds. The minimum absolute atomic E-state index is 0.0783. The van der Waals surface area contributed by atoms with Crippen LogP contribution in [0.5, 0.6) is 5.75 Å². The summed E-state index contributed by atoms with van der Waals surface area (Å²) in [6, 6.07) is 15.7. The van der Waals surface area contributed by atoms with Crippen LogP contribution in [0.4, 0.5) is 5.69 Å². The fraction of sp³-hybridized carbons (Fsp3) is 0.381. The topological polar surface area (TPSA) is 55.8 Å². The normalized spacial score (nSPS) is 15.0. The number of carbonyl (C=O) groups excluding carboxylic acids is 1. The summed E-state index contributed by atoms with van der Waals surface area (Å²) in [7, 11) is 0. The van der Waals surface area contributed by atoms with Crippen molar-refractivity contribution < 1.29 is 9.90 Å². The minimum Gasteiger partial charge on any atom is -0.506 e. The summed E-state index contributed by atoms with van der Waals surface area (Å²) < 4.78 is 0. The molecule has 0 radical (unpaired) electrons. The highest BCUT2D eigenvalue weighted by Crippen LogP contribution is 2.27. The Bertz CT molecular complexity index is 740. The highest BCUT2D eigenvalue weighted by atomic mass is 16.3. The molecular weight excluding hydrogens is 326 g/mol. The molecule has 2 aromatic carbocycles. The zero-order valence-electron chi connectivity index (χ0n) is 15.3. The lowest BCUT2D eigenvalue weighted by Gasteiger charge is -2.35. The first-order valence-electron chi connectivity index (χ1n) is 9.20. The van der Waals surface area contributed by atoms with Crippen molar-refractivity contribution in [3.8, 4) is 5.75 Å². The quantitative estimate of drug-likeness (QED) is 0.836. The molecule has 5 nitrogen and oxygen atoms in total. The van der Waals surface area contributed by atoms with E-state index in [1.54, 1.807) is 6.07 Å². The van der Waals surface area contributed by atoms with E-state index in [-0.39, 0.29) is 5.91 Å². The van der Waals surface area contributed by atoms with Crippen LogP contribution in [0.1, 0.15) is 11.1 Å². The Balaban J connectivity index is 1.39. The molecular formula is C21H27N3O2. The van der Waals surface area contributed by atoms with Crippen molar-refractivity contribution >= 4 is 11.6 Å². The number of benzene rings is 2. The van der Waals surface area contributed by atoms with Gasteiger partial charge in [0, 0.05) is 32.7 Å². The van der Waals surface area contributed by atoms with Gasteiger partial charge in [0.25, 0.3) is 0 Å². The summed E-state index contributed by atoms with van der Waals surface area (Å²) in [6.07, 6.45) is 0.861. The van der Waals surface area contributed by atoms with Gasteiger partial charge in [-0.1, -0.05) is 36.4 Å². The molecule has 1 aliphatic rings. The van der Waals surface area contributed by atoms with Crippen LogP contribution in [-0.2, 0) is 11.2 Å². The molecule has 0 saturated carbocycles. The third-order valence-corrected chi connectivity index (χ3v) is 4.94. The second-order valence-electron chi connectivity index (χ2n) is 6.78. The number of phenolic OH excluding ortho intramolecular Hbond substituents is 1. The van der Waals surface area contributed by atoms with Crippen molar-refractivity contribution in [3.63, 3.8) is 0 Å². The van der Waals surface area contributed by atoms with E-state index >= 15 is 0 Å². The average molecular weight is 353 g/mol. The summed E-state index contributed by atoms with van der Waals surface area (Å²) in [5.41, 5.74) is 3.42. The molecule has 0 spiro atoms. The van der Waals surface area contributed by atoms with Crippen molar-refractivity contribution in [2.75, 3.05) is 44.2 Å². The third kappa shape index (κ3) is 4.76. The summed E-state index contributed by atoms with van der Waals surface area (Å²) in [6.45, 7) is 6.46. The van der Waals surface area contributed by atoms with Crippen molar-refractivity contribution in [1.29, 1.82) is 0 Å². The highest BCUT2D eigenvalue weighted by Gasteiger charge is 2.20. The number of hydrogen-bond acceptors (Lipinski definition) is 4. The van der Waals surface area contributed by atoms with Gasteiger partial charge in [-0.15, -0.1) is 0 Å². The monoisotopic (exact) mass is 353 g/mol. The summed E-state index contributed by atoms with van der Waals surface area (Å²) in [5, 5.41) is 13.0. The molecule has 2 aromatic rings. The van der Waals surface area contributed by atoms with E-state index in [4.69, 9.17) is 0 Å². The molecule has 0 atom stereocenters. The van der Waals surface area contributed by atoms with Crippen LogP contribution in [0.2, 0.25) is 0 Å². The number of hydrogen-bond donors (Lipinski definition) is 2. The van der Waals surface area contributed by atoms with Gasteiger partial charge in [-0.2, -0.15) is 0 Å². The van der Waals surface area contributed by atoms with E-state index in [0.717, 1.165) is 38.3 Å². The first-order valence-corrected chi connectivity index (χ1v) is 9.20. The maximum absolute atomic E-state index is 12.2. The molecule has 138 valence electrons. The van der Waals surface area contributed by atoms with E-state index in [1.807, 2.05) is 30.3 Å². The number of nitrogens with one attached hydrogen (secondary N) is 1. The van der Waals surface area contributed by atoms with Crippen molar-refractivity contribution in [1.82, 2.24) is 10.2 Å². The molecule has 1 aliphatic heterocycles. The predicted octanol–water partition coefficient (Wildman–Crippen LogP) is 2.18. The minimum atomic E-state index is 0.0783. The van der Waals surface area contributed by atoms with Crippen molar-refractivity contribution in [3.05, 3.63) is 59.7 Å². The summed E-state index contributed by atoms with van der Waals surface area (Å²) in [5.74, 6) is 0.393. The smallest absolute Gasteiger partial charge is 0.234 e. The van der Waals surface area contributed by atoms with Gasteiger partial charge in [0.15, 0.2) is 0 Å². The highest BCUT2D eigenvalue weighted by molar-refractivity contribution is 5.78. The molecule has 0 unspecified atom stereocenters. The van der Waals surface area contributed by atoms with E-state index in [9.17, 15) is 9.90 Å². The Hall–Kier alpha value is -2.53. The molecule has 0 aromatic heterocycles. The van der Waals surface area contributed by atoms with Crippen LogP contribution < -0.4 is 10.2 Å². The van der Waals surface area contributed by atoms with Gasteiger partial charge in [0.1, 0.15) is 5.75 Å². The van der Waals surface area contributed by atoms with Gasteiger partial charge in [0.05, 0.1) is 12.2 Å². The number of piperazine rings is 1. The molecule has 0 bridgehead atoms. The fourth-order valence-corrected chi connectivity index (χ4v) is 3.36. The van der Waals surface area contributed by atoms with Crippen molar-refractivity contribution in [2.45, 2.75) is 13.3 Å². The van der Waals surface area contributed by atoms with Crippen molar-refractivity contribution in [2.24, 2.45) is 0 Å². The molecule has 3 rings (SSSR count). The van der Waals surface area contributed by atoms with Crippen LogP contribution in [0, 0.1) is 6.92 Å². The molecule has 26 heavy (non-hydrogen) atoms. The first kappa shape index (κ1) is 18.3. The van der Waals surface area contributed by atoms with Gasteiger partial charge in [-0.25, -0.2) is 0 Å². The molecule has 1 heterocycles. The number of nitrogens with zero attached hydrogens (tertiary/aromatic N) is 2. The van der Waals surface area contributed by atoms with Gasteiger partial charge < -0.3 is 15.3 Å². The Morgan fingerprint density at radius 2 is 1.73 bits per heavy atom. The number of aromatic hydroxyl groups is 1. The molecule has 1 saturated heterocycles. The Labute approximate surface area is 155 Å². The van der Waals surface area contributed by atoms with Gasteiger partial charge in [0.2, 0.25) is 5.91 Å². The number of anilines is 1. The largest absolute Gasteiger partial charge is 0.506 e. The van der Waals surface area contributed by atoms with Gasteiger partial charge >= 0.3 is 0 Å². The van der Waals surface area contributed by atoms with Crippen LogP contribution in [0.3, 0.4) is 0 Å². The number of aryl methyl sites for hydroxylation is 1. The first-order chi connectivity index (χ1) is 12.6. The zero-order valence-corrected chi connectivity index (χ0v) is 15.3. The van der Waals surface area contributed by atoms with Gasteiger partial charge in [-0.3, -0.25) is 9.69 Å². The SMILES string of the molecule is Cc1ccccc1CCNC(=O)CN1CCN(c2ccccc2O)CC1. The predicted molar refractivity (Wildman–Crippen MR) is 105 cm³/mol. The molecule has 1 fully saturated rings. The number of amides is 1. The van der Waals surface area contributed by atoms with Crippen LogP contribution in [-0.4, -0.2) is 55.2 Å². The number of carbonyl (C=O) groups is 1. The van der Waals surface area contributed by atoms with E-state index in [2.05, 4.69) is 34.2 Å². The maximum Gasteiger partial charge on any atom is 0.234 e. The molecule has 2 N–H and O–H groups in total. The summed E-state index contributed by atoms with van der Waals surface area (Å²) >= 11 is 0. The third-order valence-electron chi connectivity index (χ3n) is 4.94. The molecule has 5 heteroatoms. The fourth-order valence-electron chi connectivity index (χ4n) is 3.36. The standard InChI is InChI=1S/C21H27N3O2/c1-17-6-2-3-7-18(17)10-11-22-21(26)16-23-12-14-24(15-13-23)19-8-4-5-9-20(19)25/h2-9,25H,10-16H2,1H3,(H,22,26). The average Bonchev–Trinajstić information content (AvgIpc) is 2.64. The number of rotatable bonds is 6. The second kappa shape index (κ2) is 8.72. The Kier molecular flexibility index (Phi) is 6.12. The van der Waals surface area contributed by atoms with Gasteiger partial charge in [-0.05, 0) is 36.6 Å². The Morgan fingerprint density at radius 3 is 2.46 bits per heavy atom. The number of para-hydroxylation sites is 2. The van der Waals surface area contributed by atoms with E-state index in [0.29, 0.717) is 18.8 Å². The van der Waals surface area contributed by atoms with Crippen LogP contribution in [0.25, 0.3) is 0 Å². The lowest BCUT2D eigenvalue weighted by atomic mass is 10.1. The number of phenols is 1. The summed E-state index contributed by atoms with van der Waals surface area (Å²) in [4.78, 5) is 16.5. The van der Waals surface area contributed by atoms with E-state index < -0.39 is 0 Å². The second-order valence-corrected chi connectivity index (χ2v) is 6.78. The van der Waals surface area contributed by atoms with Crippen LogP contribution in [0.15, 0.2) is 48.5 Å². The Morgan fingerprint density at radius 1 is 1.04 bits per heavy atom. The van der Waals surface area contributed by atoms with E-state index in [1.165, 1.54) is 11.1 Å². The lowest BCUT2D eigenvalue weighted by molar-refractivity contribution is -0.122.